The maximum atomic E-state index is 9.95. The molecule has 0 spiro atoms. The van der Waals surface area contributed by atoms with Crippen LogP contribution in [-0.2, 0) is 4.79 Å². The number of aldehydes is 1. The van der Waals surface area contributed by atoms with Crippen LogP contribution < -0.4 is 0 Å². The Morgan fingerprint density at radius 3 is 2.29 bits per heavy atom. The molecule has 38 valence electrons. The van der Waals surface area contributed by atoms with Crippen LogP contribution in [-0.4, -0.2) is 6.29 Å². The monoisotopic (exact) mass is 96.1 g/mol. The van der Waals surface area contributed by atoms with Crippen LogP contribution in [0, 0.1) is 11.8 Å². The van der Waals surface area contributed by atoms with Crippen molar-refractivity contribution in [3.8, 4) is 0 Å². The van der Waals surface area contributed by atoms with Crippen LogP contribution in [0.15, 0.2) is 12.2 Å². The smallest absolute Gasteiger partial charge is 0.127 e. The first-order valence-corrected chi connectivity index (χ1v) is 2.48. The number of allylic oxidation sites excluding steroid dienone is 2. The van der Waals surface area contributed by atoms with Gasteiger partial charge in [-0.2, -0.15) is 0 Å². The third-order valence-corrected chi connectivity index (χ3v) is 1.40. The lowest BCUT2D eigenvalue weighted by Crippen LogP contribution is -2.15. The molecule has 0 aliphatic heterocycles. The summed E-state index contributed by atoms with van der Waals surface area (Å²) in [6.07, 6.45) is 4.96. The molecular weight excluding hydrogens is 88.1 g/mol. The van der Waals surface area contributed by atoms with E-state index in [2.05, 4.69) is 0 Å². The molecule has 1 heteroatoms. The highest BCUT2D eigenvalue weighted by Gasteiger charge is 2.17. The molecule has 2 atom stereocenters. The van der Waals surface area contributed by atoms with Crippen molar-refractivity contribution in [2.75, 3.05) is 0 Å². The minimum Gasteiger partial charge on any atom is -0.303 e. The molecule has 1 nitrogen and oxygen atoms in total. The summed E-state index contributed by atoms with van der Waals surface area (Å²) in [7, 11) is 0. The van der Waals surface area contributed by atoms with Gasteiger partial charge in [0.25, 0.3) is 0 Å². The van der Waals surface area contributed by atoms with Gasteiger partial charge in [-0.15, -0.1) is 0 Å². The molecule has 0 amide bonds. The Morgan fingerprint density at radius 1 is 1.57 bits per heavy atom. The van der Waals surface area contributed by atoms with Crippen LogP contribution in [0.25, 0.3) is 0 Å². The minimum absolute atomic E-state index is 0.222. The predicted octanol–water partition coefficient (Wildman–Crippen LogP) is 1.01. The van der Waals surface area contributed by atoms with E-state index < -0.39 is 0 Å². The Labute approximate surface area is 43.0 Å². The molecule has 0 radical (unpaired) electrons. The van der Waals surface area contributed by atoms with Gasteiger partial charge in [0.1, 0.15) is 6.29 Å². The van der Waals surface area contributed by atoms with Crippen molar-refractivity contribution in [2.45, 2.75) is 6.92 Å². The lowest BCUT2D eigenvalue weighted by molar-refractivity contribution is -0.111. The Balaban J connectivity index is 2.48. The van der Waals surface area contributed by atoms with E-state index in [0.29, 0.717) is 5.92 Å². The van der Waals surface area contributed by atoms with Crippen molar-refractivity contribution in [2.24, 2.45) is 11.8 Å². The van der Waals surface area contributed by atoms with Gasteiger partial charge in [0.15, 0.2) is 0 Å². The Bertz CT molecular complexity index is 105. The number of rotatable bonds is 1. The van der Waals surface area contributed by atoms with Gasteiger partial charge in [-0.3, -0.25) is 0 Å². The van der Waals surface area contributed by atoms with Crippen LogP contribution in [0.3, 0.4) is 0 Å². The first-order chi connectivity index (χ1) is 3.34. The largest absolute Gasteiger partial charge is 0.303 e. The molecule has 1 rings (SSSR count). The zero-order valence-electron chi connectivity index (χ0n) is 4.29. The molecule has 0 saturated heterocycles. The van der Waals surface area contributed by atoms with E-state index >= 15 is 0 Å². The molecular formula is C6H8O. The standard InChI is InChI=1S/C6H8O/c1-5-2-3-6(5)4-7/h2-6H,1H3. The quantitative estimate of drug-likeness (QED) is 0.351. The van der Waals surface area contributed by atoms with E-state index in [9.17, 15) is 4.79 Å². The van der Waals surface area contributed by atoms with Gasteiger partial charge in [0.2, 0.25) is 0 Å². The Hall–Kier alpha value is -0.590. The molecule has 2 unspecified atom stereocenters. The average Bonchev–Trinajstić information content (AvgIpc) is 1.65. The second-order valence-electron chi connectivity index (χ2n) is 1.96. The number of carbonyl (C=O) groups is 1. The lowest BCUT2D eigenvalue weighted by atomic mass is 9.85. The number of carbonyl (C=O) groups excluding carboxylic acids is 1. The van der Waals surface area contributed by atoms with Gasteiger partial charge in [0.05, 0.1) is 0 Å². The summed E-state index contributed by atoms with van der Waals surface area (Å²) in [6, 6.07) is 0. The maximum absolute atomic E-state index is 9.95. The van der Waals surface area contributed by atoms with Crippen LogP contribution >= 0.6 is 0 Å². The van der Waals surface area contributed by atoms with E-state index in [1.54, 1.807) is 0 Å². The predicted molar refractivity (Wildman–Crippen MR) is 27.9 cm³/mol. The molecule has 7 heavy (non-hydrogen) atoms. The summed E-state index contributed by atoms with van der Waals surface area (Å²) < 4.78 is 0. The van der Waals surface area contributed by atoms with Gasteiger partial charge in [0, 0.05) is 5.92 Å². The molecule has 0 N–H and O–H groups in total. The van der Waals surface area contributed by atoms with Crippen molar-refractivity contribution >= 4 is 6.29 Å². The van der Waals surface area contributed by atoms with Crippen LogP contribution in [0.1, 0.15) is 6.92 Å². The summed E-state index contributed by atoms with van der Waals surface area (Å²) in [5, 5.41) is 0. The van der Waals surface area contributed by atoms with Gasteiger partial charge < -0.3 is 4.79 Å². The minimum atomic E-state index is 0.222. The number of hydrogen-bond donors (Lipinski definition) is 0. The van der Waals surface area contributed by atoms with Crippen molar-refractivity contribution in [1.82, 2.24) is 0 Å². The third kappa shape index (κ3) is 0.581. The van der Waals surface area contributed by atoms with Crippen molar-refractivity contribution in [3.63, 3.8) is 0 Å². The van der Waals surface area contributed by atoms with Gasteiger partial charge >= 0.3 is 0 Å². The van der Waals surface area contributed by atoms with E-state index in [-0.39, 0.29) is 5.92 Å². The first-order valence-electron chi connectivity index (χ1n) is 2.48. The summed E-state index contributed by atoms with van der Waals surface area (Å²) in [5.74, 6) is 0.720. The molecule has 0 fully saturated rings. The second-order valence-corrected chi connectivity index (χ2v) is 1.96. The van der Waals surface area contributed by atoms with E-state index in [1.165, 1.54) is 0 Å². The summed E-state index contributed by atoms with van der Waals surface area (Å²) in [5.41, 5.74) is 0. The zero-order valence-corrected chi connectivity index (χ0v) is 4.29. The van der Waals surface area contributed by atoms with Crippen molar-refractivity contribution < 1.29 is 4.79 Å². The molecule has 1 aliphatic rings. The van der Waals surface area contributed by atoms with E-state index in [4.69, 9.17) is 0 Å². The molecule has 0 aromatic rings. The van der Waals surface area contributed by atoms with Gasteiger partial charge in [-0.25, -0.2) is 0 Å². The highest BCUT2D eigenvalue weighted by molar-refractivity contribution is 5.60. The molecule has 0 heterocycles. The fourth-order valence-electron chi connectivity index (χ4n) is 0.631. The van der Waals surface area contributed by atoms with Crippen LogP contribution in [0.5, 0.6) is 0 Å². The lowest BCUT2D eigenvalue weighted by Gasteiger charge is -2.18. The summed E-state index contributed by atoms with van der Waals surface area (Å²) in [4.78, 5) is 9.95. The summed E-state index contributed by atoms with van der Waals surface area (Å²) >= 11 is 0. The fourth-order valence-corrected chi connectivity index (χ4v) is 0.631. The molecule has 0 bridgehead atoms. The summed E-state index contributed by atoms with van der Waals surface area (Å²) in [6.45, 7) is 2.04. The topological polar surface area (TPSA) is 17.1 Å². The zero-order chi connectivity index (χ0) is 5.28. The van der Waals surface area contributed by atoms with Crippen LogP contribution in [0.2, 0.25) is 0 Å². The number of hydrogen-bond acceptors (Lipinski definition) is 1. The van der Waals surface area contributed by atoms with Crippen molar-refractivity contribution in [3.05, 3.63) is 12.2 Å². The second kappa shape index (κ2) is 1.49. The van der Waals surface area contributed by atoms with Gasteiger partial charge in [-0.05, 0) is 5.92 Å². The van der Waals surface area contributed by atoms with Crippen LogP contribution in [0.4, 0.5) is 0 Å². The fraction of sp³-hybridized carbons (Fsp3) is 0.500. The first kappa shape index (κ1) is 4.57. The SMILES string of the molecule is CC1C=CC1C=O. The molecule has 0 saturated carbocycles. The maximum Gasteiger partial charge on any atom is 0.127 e. The Morgan fingerprint density at radius 2 is 2.29 bits per heavy atom. The highest BCUT2D eigenvalue weighted by atomic mass is 16.1. The Kier molecular flexibility index (Phi) is 0.970. The average molecular weight is 96.1 g/mol. The molecule has 0 aromatic carbocycles. The molecule has 1 aliphatic carbocycles. The van der Waals surface area contributed by atoms with Crippen molar-refractivity contribution in [1.29, 1.82) is 0 Å². The normalized spacial score (nSPS) is 37.3. The highest BCUT2D eigenvalue weighted by Crippen LogP contribution is 2.21. The van der Waals surface area contributed by atoms with E-state index in [0.717, 1.165) is 6.29 Å². The van der Waals surface area contributed by atoms with E-state index in [1.807, 2.05) is 19.1 Å². The molecule has 0 aromatic heterocycles. The van der Waals surface area contributed by atoms with Gasteiger partial charge in [-0.1, -0.05) is 19.1 Å². The third-order valence-electron chi connectivity index (χ3n) is 1.40.